The van der Waals surface area contributed by atoms with Gasteiger partial charge in [-0.2, -0.15) is 0 Å². The third-order valence-corrected chi connectivity index (χ3v) is 3.69. The van der Waals surface area contributed by atoms with Crippen molar-refractivity contribution in [1.29, 1.82) is 0 Å². The minimum Gasteiger partial charge on any atom is -0.497 e. The third kappa shape index (κ3) is 4.31. The molecule has 0 aliphatic heterocycles. The number of benzene rings is 2. The first-order valence-corrected chi connectivity index (χ1v) is 7.51. The standard InChI is InChI=1S/C18H21FN2O3/c1-23-14-7-8-15(16(19)9-14)17(24-2)18(22)21-11-13-5-3-12(10-20)4-6-13/h3-9,17H,10-11,20H2,1-2H3,(H,21,22). The highest BCUT2D eigenvalue weighted by molar-refractivity contribution is 5.82. The fourth-order valence-corrected chi connectivity index (χ4v) is 2.30. The van der Waals surface area contributed by atoms with Gasteiger partial charge in [0.15, 0.2) is 6.10 Å². The summed E-state index contributed by atoms with van der Waals surface area (Å²) in [6, 6.07) is 11.9. The van der Waals surface area contributed by atoms with Crippen LogP contribution in [0.15, 0.2) is 42.5 Å². The Hall–Kier alpha value is -2.44. The molecule has 128 valence electrons. The second-order valence-electron chi connectivity index (χ2n) is 5.24. The summed E-state index contributed by atoms with van der Waals surface area (Å²) in [5.74, 6) is -0.584. The smallest absolute Gasteiger partial charge is 0.254 e. The summed E-state index contributed by atoms with van der Waals surface area (Å²) in [7, 11) is 2.81. The molecule has 2 aromatic rings. The number of amides is 1. The zero-order valence-corrected chi connectivity index (χ0v) is 13.7. The summed E-state index contributed by atoms with van der Waals surface area (Å²) in [6.07, 6.45) is -1.03. The van der Waals surface area contributed by atoms with Gasteiger partial charge in [0.25, 0.3) is 5.91 Å². The minimum atomic E-state index is -1.03. The molecule has 0 spiro atoms. The van der Waals surface area contributed by atoms with Gasteiger partial charge in [-0.1, -0.05) is 24.3 Å². The highest BCUT2D eigenvalue weighted by atomic mass is 19.1. The van der Waals surface area contributed by atoms with Crippen LogP contribution in [0.5, 0.6) is 5.75 Å². The van der Waals surface area contributed by atoms with Crippen molar-refractivity contribution >= 4 is 5.91 Å². The van der Waals surface area contributed by atoms with Gasteiger partial charge in [-0.25, -0.2) is 4.39 Å². The zero-order chi connectivity index (χ0) is 17.5. The van der Waals surface area contributed by atoms with E-state index in [1.165, 1.54) is 26.4 Å². The number of nitrogens with one attached hydrogen (secondary N) is 1. The fourth-order valence-electron chi connectivity index (χ4n) is 2.30. The van der Waals surface area contributed by atoms with Crippen LogP contribution in [0, 0.1) is 5.82 Å². The maximum absolute atomic E-state index is 14.1. The summed E-state index contributed by atoms with van der Waals surface area (Å²) in [6.45, 7) is 0.788. The molecule has 1 atom stereocenters. The van der Waals surface area contributed by atoms with Crippen molar-refractivity contribution < 1.29 is 18.7 Å². The Morgan fingerprint density at radius 3 is 2.38 bits per heavy atom. The average Bonchev–Trinajstić information content (AvgIpc) is 2.62. The largest absolute Gasteiger partial charge is 0.497 e. The molecule has 2 aromatic carbocycles. The van der Waals surface area contributed by atoms with Gasteiger partial charge in [0.1, 0.15) is 11.6 Å². The van der Waals surface area contributed by atoms with E-state index in [0.29, 0.717) is 18.8 Å². The monoisotopic (exact) mass is 332 g/mol. The maximum Gasteiger partial charge on any atom is 0.254 e. The van der Waals surface area contributed by atoms with Crippen LogP contribution < -0.4 is 15.8 Å². The number of methoxy groups -OCH3 is 2. The molecule has 24 heavy (non-hydrogen) atoms. The first-order chi connectivity index (χ1) is 11.6. The van der Waals surface area contributed by atoms with Crippen molar-refractivity contribution in [1.82, 2.24) is 5.32 Å². The van der Waals surface area contributed by atoms with Gasteiger partial charge in [-0.05, 0) is 23.3 Å². The Bertz CT molecular complexity index is 689. The van der Waals surface area contributed by atoms with Gasteiger partial charge >= 0.3 is 0 Å². The van der Waals surface area contributed by atoms with Crippen molar-refractivity contribution in [2.24, 2.45) is 5.73 Å². The van der Waals surface area contributed by atoms with E-state index in [2.05, 4.69) is 5.32 Å². The number of hydrogen-bond donors (Lipinski definition) is 2. The molecule has 0 heterocycles. The molecular formula is C18H21FN2O3. The first-order valence-electron chi connectivity index (χ1n) is 7.51. The van der Waals surface area contributed by atoms with Gasteiger partial charge in [0.2, 0.25) is 0 Å². The Labute approximate surface area is 140 Å². The van der Waals surface area contributed by atoms with Crippen LogP contribution in [0.4, 0.5) is 4.39 Å². The van der Waals surface area contributed by atoms with Crippen LogP contribution in [0.3, 0.4) is 0 Å². The molecule has 2 rings (SSSR count). The number of hydrogen-bond acceptors (Lipinski definition) is 4. The van der Waals surface area contributed by atoms with Crippen LogP contribution in [0.2, 0.25) is 0 Å². The molecule has 0 aliphatic rings. The Balaban J connectivity index is 2.05. The van der Waals surface area contributed by atoms with E-state index in [1.54, 1.807) is 6.07 Å². The molecule has 1 unspecified atom stereocenters. The molecule has 1 amide bonds. The average molecular weight is 332 g/mol. The molecule has 5 nitrogen and oxygen atoms in total. The third-order valence-electron chi connectivity index (χ3n) is 3.69. The predicted octanol–water partition coefficient (Wildman–Crippen LogP) is 2.30. The lowest BCUT2D eigenvalue weighted by molar-refractivity contribution is -0.131. The Morgan fingerprint density at radius 1 is 1.17 bits per heavy atom. The quantitative estimate of drug-likeness (QED) is 0.816. The SMILES string of the molecule is COc1ccc(C(OC)C(=O)NCc2ccc(CN)cc2)c(F)c1. The van der Waals surface area contributed by atoms with Crippen LogP contribution in [0.25, 0.3) is 0 Å². The number of ether oxygens (including phenoxy) is 2. The van der Waals surface area contributed by atoms with E-state index >= 15 is 0 Å². The lowest BCUT2D eigenvalue weighted by atomic mass is 10.1. The van der Waals surface area contributed by atoms with E-state index in [9.17, 15) is 9.18 Å². The highest BCUT2D eigenvalue weighted by Crippen LogP contribution is 2.24. The lowest BCUT2D eigenvalue weighted by Crippen LogP contribution is -2.30. The van der Waals surface area contributed by atoms with E-state index in [1.807, 2.05) is 24.3 Å². The zero-order valence-electron chi connectivity index (χ0n) is 13.7. The van der Waals surface area contributed by atoms with Crippen LogP contribution >= 0.6 is 0 Å². The normalized spacial score (nSPS) is 11.8. The molecule has 0 aromatic heterocycles. The van der Waals surface area contributed by atoms with Crippen molar-refractivity contribution in [3.63, 3.8) is 0 Å². The van der Waals surface area contributed by atoms with Gasteiger partial charge in [-0.3, -0.25) is 4.79 Å². The number of carbonyl (C=O) groups is 1. The van der Waals surface area contributed by atoms with Crippen molar-refractivity contribution in [2.45, 2.75) is 19.2 Å². The molecule has 0 fully saturated rings. The summed E-state index contributed by atoms with van der Waals surface area (Å²) in [4.78, 5) is 12.3. The summed E-state index contributed by atoms with van der Waals surface area (Å²) in [5, 5.41) is 2.75. The minimum absolute atomic E-state index is 0.161. The number of nitrogens with two attached hydrogens (primary N) is 1. The summed E-state index contributed by atoms with van der Waals surface area (Å²) >= 11 is 0. The number of rotatable bonds is 7. The first kappa shape index (κ1) is 17.9. The van der Waals surface area contributed by atoms with Gasteiger partial charge in [-0.15, -0.1) is 0 Å². The molecular weight excluding hydrogens is 311 g/mol. The van der Waals surface area contributed by atoms with Gasteiger partial charge < -0.3 is 20.5 Å². The Kier molecular flexibility index (Phi) is 6.28. The highest BCUT2D eigenvalue weighted by Gasteiger charge is 2.23. The molecule has 0 radical (unpaired) electrons. The lowest BCUT2D eigenvalue weighted by Gasteiger charge is -2.17. The van der Waals surface area contributed by atoms with Crippen LogP contribution in [-0.4, -0.2) is 20.1 Å². The summed E-state index contributed by atoms with van der Waals surface area (Å²) in [5.41, 5.74) is 7.65. The molecule has 0 saturated heterocycles. The molecule has 0 bridgehead atoms. The van der Waals surface area contributed by atoms with Gasteiger partial charge in [0, 0.05) is 31.8 Å². The molecule has 0 saturated carbocycles. The van der Waals surface area contributed by atoms with E-state index in [4.69, 9.17) is 15.2 Å². The Morgan fingerprint density at radius 2 is 1.83 bits per heavy atom. The second-order valence-corrected chi connectivity index (χ2v) is 5.24. The summed E-state index contributed by atoms with van der Waals surface area (Å²) < 4.78 is 24.3. The molecule has 0 aliphatic carbocycles. The van der Waals surface area contributed by atoms with Crippen LogP contribution in [-0.2, 0) is 22.6 Å². The van der Waals surface area contributed by atoms with Crippen LogP contribution in [0.1, 0.15) is 22.8 Å². The second kappa shape index (κ2) is 8.42. The van der Waals surface area contributed by atoms with Crippen molar-refractivity contribution in [2.75, 3.05) is 14.2 Å². The van der Waals surface area contributed by atoms with E-state index < -0.39 is 17.8 Å². The molecule has 3 N–H and O–H groups in total. The predicted molar refractivity (Wildman–Crippen MR) is 88.9 cm³/mol. The number of carbonyl (C=O) groups excluding carboxylic acids is 1. The topological polar surface area (TPSA) is 73.6 Å². The van der Waals surface area contributed by atoms with E-state index in [-0.39, 0.29) is 5.56 Å². The fraction of sp³-hybridized carbons (Fsp3) is 0.278. The maximum atomic E-state index is 14.1. The number of halogens is 1. The van der Waals surface area contributed by atoms with Crippen molar-refractivity contribution in [3.8, 4) is 5.75 Å². The molecule has 6 heteroatoms. The van der Waals surface area contributed by atoms with Crippen molar-refractivity contribution in [3.05, 3.63) is 65.0 Å². The van der Waals surface area contributed by atoms with E-state index in [0.717, 1.165) is 11.1 Å². The van der Waals surface area contributed by atoms with Gasteiger partial charge in [0.05, 0.1) is 7.11 Å².